The Hall–Kier alpha value is -2.58. The molecule has 0 atom stereocenters. The fourth-order valence-electron chi connectivity index (χ4n) is 2.12. The summed E-state index contributed by atoms with van der Waals surface area (Å²) in [7, 11) is -0.964. The summed E-state index contributed by atoms with van der Waals surface area (Å²) in [6, 6.07) is 8.97. The third kappa shape index (κ3) is 3.84. The SMILES string of the molecule is COc1cc(C(=O)Nc2cc(S(N)(=O)=O)ccc2OC)ccc1C. The number of benzene rings is 2. The number of primary sulfonamides is 1. The molecule has 2 rings (SSSR count). The highest BCUT2D eigenvalue weighted by Crippen LogP contribution is 2.28. The Kier molecular flexibility index (Phi) is 5.10. The van der Waals surface area contributed by atoms with E-state index in [-0.39, 0.29) is 10.6 Å². The first-order valence-electron chi connectivity index (χ1n) is 6.93. The number of hydrogen-bond donors (Lipinski definition) is 2. The summed E-state index contributed by atoms with van der Waals surface area (Å²) in [6.07, 6.45) is 0. The number of sulfonamides is 1. The Morgan fingerprint density at radius 2 is 1.71 bits per heavy atom. The Morgan fingerprint density at radius 1 is 1.04 bits per heavy atom. The van der Waals surface area contributed by atoms with Crippen molar-refractivity contribution in [3.8, 4) is 11.5 Å². The van der Waals surface area contributed by atoms with Crippen LogP contribution in [0.5, 0.6) is 11.5 Å². The standard InChI is InChI=1S/C16H18N2O5S/c1-10-4-5-11(8-15(10)23-3)16(19)18-13-9-12(24(17,20)21)6-7-14(13)22-2/h4-9H,1-3H3,(H,18,19)(H2,17,20,21). The van der Waals surface area contributed by atoms with Crippen LogP contribution >= 0.6 is 0 Å². The predicted octanol–water partition coefficient (Wildman–Crippen LogP) is 1.91. The van der Waals surface area contributed by atoms with Crippen LogP contribution in [-0.4, -0.2) is 28.5 Å². The van der Waals surface area contributed by atoms with Crippen LogP contribution in [0.1, 0.15) is 15.9 Å². The van der Waals surface area contributed by atoms with Crippen LogP contribution < -0.4 is 19.9 Å². The summed E-state index contributed by atoms with van der Waals surface area (Å²) in [5, 5.41) is 7.74. The lowest BCUT2D eigenvalue weighted by atomic mass is 10.1. The number of amides is 1. The monoisotopic (exact) mass is 350 g/mol. The molecule has 24 heavy (non-hydrogen) atoms. The average Bonchev–Trinajstić information content (AvgIpc) is 2.54. The normalized spacial score (nSPS) is 11.0. The third-order valence-electron chi connectivity index (χ3n) is 3.42. The number of carbonyl (C=O) groups excluding carboxylic acids is 1. The highest BCUT2D eigenvalue weighted by molar-refractivity contribution is 7.89. The Labute approximate surface area is 140 Å². The van der Waals surface area contributed by atoms with E-state index < -0.39 is 15.9 Å². The summed E-state index contributed by atoms with van der Waals surface area (Å²) < 4.78 is 33.3. The smallest absolute Gasteiger partial charge is 0.255 e. The Balaban J connectivity index is 2.37. The van der Waals surface area contributed by atoms with Crippen molar-refractivity contribution >= 4 is 21.6 Å². The summed E-state index contributed by atoms with van der Waals surface area (Å²) in [5.41, 5.74) is 1.46. The molecule has 0 aliphatic rings. The molecule has 2 aromatic rings. The van der Waals surface area contributed by atoms with Gasteiger partial charge in [0.05, 0.1) is 24.8 Å². The molecular formula is C16H18N2O5S. The molecule has 0 saturated heterocycles. The van der Waals surface area contributed by atoms with Crippen molar-refractivity contribution in [3.63, 3.8) is 0 Å². The van der Waals surface area contributed by atoms with Crippen molar-refractivity contribution in [2.45, 2.75) is 11.8 Å². The third-order valence-corrected chi connectivity index (χ3v) is 4.33. The van der Waals surface area contributed by atoms with Gasteiger partial charge in [-0.15, -0.1) is 0 Å². The predicted molar refractivity (Wildman–Crippen MR) is 90.1 cm³/mol. The minimum Gasteiger partial charge on any atom is -0.496 e. The summed E-state index contributed by atoms with van der Waals surface area (Å²) in [6.45, 7) is 1.86. The maximum absolute atomic E-state index is 12.4. The van der Waals surface area contributed by atoms with E-state index >= 15 is 0 Å². The first kappa shape index (κ1) is 17.8. The number of nitrogens with two attached hydrogens (primary N) is 1. The number of aryl methyl sites for hydroxylation is 1. The van der Waals surface area contributed by atoms with E-state index in [9.17, 15) is 13.2 Å². The molecule has 128 valence electrons. The van der Waals surface area contributed by atoms with Crippen molar-refractivity contribution in [2.24, 2.45) is 5.14 Å². The molecule has 0 spiro atoms. The van der Waals surface area contributed by atoms with Gasteiger partial charge in [-0.25, -0.2) is 13.6 Å². The van der Waals surface area contributed by atoms with Crippen molar-refractivity contribution in [1.82, 2.24) is 0 Å². The molecule has 0 aromatic heterocycles. The van der Waals surface area contributed by atoms with Crippen LogP contribution in [0.4, 0.5) is 5.69 Å². The summed E-state index contributed by atoms with van der Waals surface area (Å²) >= 11 is 0. The van der Waals surface area contributed by atoms with Gasteiger partial charge in [0, 0.05) is 5.56 Å². The van der Waals surface area contributed by atoms with E-state index in [4.69, 9.17) is 14.6 Å². The fraction of sp³-hybridized carbons (Fsp3) is 0.188. The summed E-state index contributed by atoms with van der Waals surface area (Å²) in [4.78, 5) is 12.3. The molecule has 3 N–H and O–H groups in total. The molecule has 0 unspecified atom stereocenters. The average molecular weight is 350 g/mol. The molecule has 0 saturated carbocycles. The maximum Gasteiger partial charge on any atom is 0.255 e. The van der Waals surface area contributed by atoms with E-state index in [1.807, 2.05) is 6.92 Å². The van der Waals surface area contributed by atoms with Gasteiger partial charge in [0.1, 0.15) is 11.5 Å². The molecule has 1 amide bonds. The fourth-order valence-corrected chi connectivity index (χ4v) is 2.66. The van der Waals surface area contributed by atoms with Crippen LogP contribution in [0.15, 0.2) is 41.3 Å². The molecule has 0 heterocycles. The molecule has 2 aromatic carbocycles. The molecule has 0 fully saturated rings. The first-order chi connectivity index (χ1) is 11.3. The lowest BCUT2D eigenvalue weighted by molar-refractivity contribution is 0.102. The molecule has 0 bridgehead atoms. The van der Waals surface area contributed by atoms with Gasteiger partial charge in [0.15, 0.2) is 0 Å². The molecule has 7 nitrogen and oxygen atoms in total. The van der Waals surface area contributed by atoms with E-state index in [0.29, 0.717) is 17.1 Å². The highest BCUT2D eigenvalue weighted by Gasteiger charge is 2.15. The van der Waals surface area contributed by atoms with Crippen molar-refractivity contribution < 1.29 is 22.7 Å². The van der Waals surface area contributed by atoms with E-state index in [1.54, 1.807) is 18.2 Å². The molecule has 8 heteroatoms. The first-order valence-corrected chi connectivity index (χ1v) is 8.47. The lowest BCUT2D eigenvalue weighted by Crippen LogP contribution is -2.15. The second-order valence-electron chi connectivity index (χ2n) is 5.05. The number of rotatable bonds is 5. The zero-order chi connectivity index (χ0) is 17.9. The maximum atomic E-state index is 12.4. The second-order valence-corrected chi connectivity index (χ2v) is 6.61. The molecule has 0 aliphatic heterocycles. The zero-order valence-electron chi connectivity index (χ0n) is 13.5. The number of hydrogen-bond acceptors (Lipinski definition) is 5. The number of anilines is 1. The molecule has 0 aliphatic carbocycles. The molecular weight excluding hydrogens is 332 g/mol. The lowest BCUT2D eigenvalue weighted by Gasteiger charge is -2.12. The van der Waals surface area contributed by atoms with Gasteiger partial charge in [-0.3, -0.25) is 4.79 Å². The van der Waals surface area contributed by atoms with Crippen LogP contribution in [0.25, 0.3) is 0 Å². The van der Waals surface area contributed by atoms with Gasteiger partial charge in [-0.05, 0) is 42.8 Å². The van der Waals surface area contributed by atoms with E-state index in [0.717, 1.165) is 5.56 Å². The second kappa shape index (κ2) is 6.90. The minimum absolute atomic E-state index is 0.125. The number of nitrogens with one attached hydrogen (secondary N) is 1. The van der Waals surface area contributed by atoms with Crippen LogP contribution in [0.2, 0.25) is 0 Å². The highest BCUT2D eigenvalue weighted by atomic mass is 32.2. The van der Waals surface area contributed by atoms with Crippen molar-refractivity contribution in [2.75, 3.05) is 19.5 Å². The van der Waals surface area contributed by atoms with Gasteiger partial charge in [-0.1, -0.05) is 6.07 Å². The minimum atomic E-state index is -3.89. The number of methoxy groups -OCH3 is 2. The number of ether oxygens (including phenoxy) is 2. The van der Waals surface area contributed by atoms with Crippen molar-refractivity contribution in [1.29, 1.82) is 0 Å². The van der Waals surface area contributed by atoms with Gasteiger partial charge in [0.2, 0.25) is 10.0 Å². The topological polar surface area (TPSA) is 108 Å². The van der Waals surface area contributed by atoms with Gasteiger partial charge < -0.3 is 14.8 Å². The zero-order valence-corrected chi connectivity index (χ0v) is 14.3. The van der Waals surface area contributed by atoms with Crippen LogP contribution in [0.3, 0.4) is 0 Å². The Morgan fingerprint density at radius 3 is 2.29 bits per heavy atom. The van der Waals surface area contributed by atoms with E-state index in [2.05, 4.69) is 5.32 Å². The number of carbonyl (C=O) groups is 1. The van der Waals surface area contributed by atoms with Crippen LogP contribution in [0, 0.1) is 6.92 Å². The van der Waals surface area contributed by atoms with Gasteiger partial charge in [0.25, 0.3) is 5.91 Å². The van der Waals surface area contributed by atoms with Crippen molar-refractivity contribution in [3.05, 3.63) is 47.5 Å². The summed E-state index contributed by atoms with van der Waals surface area (Å²) in [5.74, 6) is 0.459. The van der Waals surface area contributed by atoms with Crippen LogP contribution in [-0.2, 0) is 10.0 Å². The quantitative estimate of drug-likeness (QED) is 0.856. The van der Waals surface area contributed by atoms with Gasteiger partial charge in [-0.2, -0.15) is 0 Å². The van der Waals surface area contributed by atoms with Gasteiger partial charge >= 0.3 is 0 Å². The molecule has 0 radical (unpaired) electrons. The largest absolute Gasteiger partial charge is 0.496 e. The Bertz CT molecular complexity index is 878. The van der Waals surface area contributed by atoms with E-state index in [1.165, 1.54) is 32.4 Å².